The monoisotopic (exact) mass is 250 g/mol. The van der Waals surface area contributed by atoms with Crippen LogP contribution in [-0.4, -0.2) is 45.9 Å². The largest absolute Gasteiger partial charge is 0.481 e. The highest BCUT2D eigenvalue weighted by Crippen LogP contribution is 1.89. The Balaban J connectivity index is 3.58. The number of hydrogen-bond donors (Lipinski definition) is 3. The molecule has 0 saturated heterocycles. The van der Waals surface area contributed by atoms with Gasteiger partial charge in [-0.15, -0.1) is 0 Å². The summed E-state index contributed by atoms with van der Waals surface area (Å²) in [5, 5.41) is 13.5. The fraction of sp³-hybridized carbons (Fsp3) is 0.778. The van der Waals surface area contributed by atoms with Crippen LogP contribution in [0.15, 0.2) is 0 Å². The van der Waals surface area contributed by atoms with E-state index in [1.807, 2.05) is 0 Å². The van der Waals surface area contributed by atoms with Gasteiger partial charge in [0.15, 0.2) is 0 Å². The van der Waals surface area contributed by atoms with Crippen LogP contribution in [0.2, 0.25) is 0 Å². The molecule has 0 aromatic heterocycles. The van der Waals surface area contributed by atoms with Crippen molar-refractivity contribution in [1.29, 1.82) is 0 Å². The fourth-order valence-corrected chi connectivity index (χ4v) is 1.62. The molecule has 0 aliphatic carbocycles. The van der Waals surface area contributed by atoms with Gasteiger partial charge in [0.2, 0.25) is 0 Å². The zero-order valence-electron chi connectivity index (χ0n) is 9.49. The van der Waals surface area contributed by atoms with E-state index < -0.39 is 28.8 Å². The van der Waals surface area contributed by atoms with E-state index in [1.165, 1.54) is 0 Å². The molecule has 0 aromatic carbocycles. The Hall–Kier alpha value is -1.11. The molecule has 94 valence electrons. The second-order valence-electron chi connectivity index (χ2n) is 3.53. The number of carboxylic acid groups (broad SMARTS) is 1. The van der Waals surface area contributed by atoms with Crippen molar-refractivity contribution in [3.63, 3.8) is 0 Å². The van der Waals surface area contributed by atoms with Gasteiger partial charge in [-0.1, -0.05) is 0 Å². The van der Waals surface area contributed by atoms with Crippen LogP contribution < -0.4 is 10.6 Å². The van der Waals surface area contributed by atoms with Crippen molar-refractivity contribution in [2.45, 2.75) is 25.8 Å². The summed E-state index contributed by atoms with van der Waals surface area (Å²) in [6.07, 6.45) is 2.14. The highest BCUT2D eigenvalue weighted by Gasteiger charge is 2.09. The SMILES string of the molecule is CC(CC(=O)O)NC(=O)NCCCS(C)=O. The Morgan fingerprint density at radius 1 is 1.44 bits per heavy atom. The molecule has 2 atom stereocenters. The van der Waals surface area contributed by atoms with Crippen LogP contribution in [0.3, 0.4) is 0 Å². The third-order valence-corrected chi connectivity index (χ3v) is 2.62. The first-order chi connectivity index (χ1) is 7.41. The third kappa shape index (κ3) is 9.45. The fourth-order valence-electron chi connectivity index (χ4n) is 1.07. The van der Waals surface area contributed by atoms with E-state index >= 15 is 0 Å². The van der Waals surface area contributed by atoms with E-state index in [2.05, 4.69) is 10.6 Å². The van der Waals surface area contributed by atoms with Gasteiger partial charge >= 0.3 is 12.0 Å². The van der Waals surface area contributed by atoms with Crippen molar-refractivity contribution < 1.29 is 18.9 Å². The Labute approximate surface area is 97.3 Å². The first kappa shape index (κ1) is 14.9. The molecule has 7 heteroatoms. The highest BCUT2D eigenvalue weighted by molar-refractivity contribution is 7.84. The van der Waals surface area contributed by atoms with Crippen LogP contribution in [-0.2, 0) is 15.6 Å². The number of rotatable bonds is 7. The van der Waals surface area contributed by atoms with Gasteiger partial charge in [0.1, 0.15) is 0 Å². The Kier molecular flexibility index (Phi) is 7.53. The van der Waals surface area contributed by atoms with Crippen LogP contribution in [0.25, 0.3) is 0 Å². The molecule has 0 radical (unpaired) electrons. The van der Waals surface area contributed by atoms with E-state index in [9.17, 15) is 13.8 Å². The van der Waals surface area contributed by atoms with Crippen LogP contribution >= 0.6 is 0 Å². The molecule has 2 unspecified atom stereocenters. The molecule has 16 heavy (non-hydrogen) atoms. The Morgan fingerprint density at radius 2 is 2.06 bits per heavy atom. The maximum Gasteiger partial charge on any atom is 0.315 e. The molecule has 6 nitrogen and oxygen atoms in total. The zero-order chi connectivity index (χ0) is 12.6. The molecule has 2 amide bonds. The van der Waals surface area contributed by atoms with Gasteiger partial charge in [-0.05, 0) is 13.3 Å². The normalized spacial score (nSPS) is 13.9. The summed E-state index contributed by atoms with van der Waals surface area (Å²) in [5.41, 5.74) is 0. The molecule has 0 aromatic rings. The van der Waals surface area contributed by atoms with Crippen LogP contribution in [0.4, 0.5) is 4.79 Å². The van der Waals surface area contributed by atoms with E-state index in [1.54, 1.807) is 13.2 Å². The lowest BCUT2D eigenvalue weighted by Gasteiger charge is -2.12. The van der Waals surface area contributed by atoms with E-state index in [0.29, 0.717) is 18.7 Å². The van der Waals surface area contributed by atoms with Crippen LogP contribution in [0.5, 0.6) is 0 Å². The molecule has 0 spiro atoms. The minimum Gasteiger partial charge on any atom is -0.481 e. The van der Waals surface area contributed by atoms with Gasteiger partial charge in [0.05, 0.1) is 6.42 Å². The summed E-state index contributed by atoms with van der Waals surface area (Å²) in [4.78, 5) is 21.5. The van der Waals surface area contributed by atoms with E-state index in [0.717, 1.165) is 0 Å². The lowest BCUT2D eigenvalue weighted by atomic mass is 10.2. The lowest BCUT2D eigenvalue weighted by Crippen LogP contribution is -2.42. The smallest absolute Gasteiger partial charge is 0.315 e. The molecule has 0 heterocycles. The van der Waals surface area contributed by atoms with Gasteiger partial charge in [0, 0.05) is 35.4 Å². The number of hydrogen-bond acceptors (Lipinski definition) is 3. The van der Waals surface area contributed by atoms with Crippen LogP contribution in [0, 0.1) is 0 Å². The Bertz CT molecular complexity index is 270. The quantitative estimate of drug-likeness (QED) is 0.551. The maximum atomic E-state index is 11.2. The van der Waals surface area contributed by atoms with E-state index in [-0.39, 0.29) is 6.42 Å². The number of nitrogens with one attached hydrogen (secondary N) is 2. The second kappa shape index (κ2) is 8.09. The molecule has 0 bridgehead atoms. The third-order valence-electron chi connectivity index (χ3n) is 1.75. The topological polar surface area (TPSA) is 95.5 Å². The molecule has 0 aliphatic rings. The van der Waals surface area contributed by atoms with Crippen molar-refractivity contribution in [1.82, 2.24) is 10.6 Å². The number of carboxylic acids is 1. The second-order valence-corrected chi connectivity index (χ2v) is 5.08. The van der Waals surface area contributed by atoms with Gasteiger partial charge < -0.3 is 15.7 Å². The maximum absolute atomic E-state index is 11.2. The van der Waals surface area contributed by atoms with Crippen molar-refractivity contribution >= 4 is 22.8 Å². The average molecular weight is 250 g/mol. The van der Waals surface area contributed by atoms with Gasteiger partial charge in [0.25, 0.3) is 0 Å². The molecule has 3 N–H and O–H groups in total. The van der Waals surface area contributed by atoms with Gasteiger partial charge in [-0.25, -0.2) is 4.79 Å². The van der Waals surface area contributed by atoms with Gasteiger partial charge in [-0.3, -0.25) is 9.00 Å². The Morgan fingerprint density at radius 3 is 2.56 bits per heavy atom. The van der Waals surface area contributed by atoms with Crippen molar-refractivity contribution in [3.05, 3.63) is 0 Å². The predicted octanol–water partition coefficient (Wildman–Crippen LogP) is -0.0826. The standard InChI is InChI=1S/C9H18N2O4S/c1-7(6-8(12)13)11-9(14)10-4-3-5-16(2)15/h7H,3-6H2,1-2H3,(H,12,13)(H2,10,11,14). The molecule has 0 fully saturated rings. The first-order valence-corrected chi connectivity index (χ1v) is 6.70. The van der Waals surface area contributed by atoms with Gasteiger partial charge in [-0.2, -0.15) is 0 Å². The minimum absolute atomic E-state index is 0.105. The molecule has 0 aliphatic heterocycles. The molecular weight excluding hydrogens is 232 g/mol. The minimum atomic E-state index is -0.950. The number of urea groups is 1. The number of amides is 2. The molecular formula is C9H18N2O4S. The number of carbonyl (C=O) groups is 2. The first-order valence-electron chi connectivity index (χ1n) is 4.98. The summed E-state index contributed by atoms with van der Waals surface area (Å²) in [6.45, 7) is 2.06. The van der Waals surface area contributed by atoms with E-state index in [4.69, 9.17) is 5.11 Å². The number of aliphatic carboxylic acids is 1. The van der Waals surface area contributed by atoms with Crippen molar-refractivity contribution in [3.8, 4) is 0 Å². The summed E-state index contributed by atoms with van der Waals surface area (Å²) in [6, 6.07) is -0.798. The average Bonchev–Trinajstić information content (AvgIpc) is 2.10. The van der Waals surface area contributed by atoms with Crippen molar-refractivity contribution in [2.75, 3.05) is 18.6 Å². The molecule has 0 rings (SSSR count). The summed E-state index contributed by atoms with van der Waals surface area (Å²) in [7, 11) is -0.848. The summed E-state index contributed by atoms with van der Waals surface area (Å²) in [5.74, 6) is -0.403. The summed E-state index contributed by atoms with van der Waals surface area (Å²) >= 11 is 0. The zero-order valence-corrected chi connectivity index (χ0v) is 10.3. The van der Waals surface area contributed by atoms with Crippen molar-refractivity contribution in [2.24, 2.45) is 0 Å². The summed E-state index contributed by atoms with van der Waals surface area (Å²) < 4.78 is 10.7. The molecule has 0 saturated carbocycles. The predicted molar refractivity (Wildman–Crippen MR) is 61.8 cm³/mol. The lowest BCUT2D eigenvalue weighted by molar-refractivity contribution is -0.137. The van der Waals surface area contributed by atoms with Crippen LogP contribution in [0.1, 0.15) is 19.8 Å². The highest BCUT2D eigenvalue weighted by atomic mass is 32.2. The number of carbonyl (C=O) groups excluding carboxylic acids is 1.